The highest BCUT2D eigenvalue weighted by Crippen LogP contribution is 2.48. The van der Waals surface area contributed by atoms with Crippen molar-refractivity contribution in [2.45, 2.75) is 58.9 Å². The largest absolute Gasteiger partial charge is 0.383 e. The van der Waals surface area contributed by atoms with Gasteiger partial charge in [0.05, 0.1) is 18.8 Å². The third-order valence-electron chi connectivity index (χ3n) is 5.74. The van der Waals surface area contributed by atoms with E-state index in [1.165, 1.54) is 18.5 Å². The molecule has 4 nitrogen and oxygen atoms in total. The first-order valence-electron chi connectivity index (χ1n) is 9.40. The van der Waals surface area contributed by atoms with Crippen molar-refractivity contribution >= 4 is 0 Å². The summed E-state index contributed by atoms with van der Waals surface area (Å²) in [6, 6.07) is 9.97. The second kappa shape index (κ2) is 7.20. The maximum Gasteiger partial charge on any atom is 0.275 e. The summed E-state index contributed by atoms with van der Waals surface area (Å²) >= 11 is 0. The molecule has 0 bridgehead atoms. The molecule has 4 heteroatoms. The molecule has 0 unspecified atom stereocenters. The Balaban J connectivity index is 2.22. The minimum absolute atomic E-state index is 0.152. The number of rotatable bonds is 6. The van der Waals surface area contributed by atoms with E-state index in [1.807, 2.05) is 35.0 Å². The van der Waals surface area contributed by atoms with Crippen LogP contribution in [-0.4, -0.2) is 23.1 Å². The van der Waals surface area contributed by atoms with Crippen molar-refractivity contribution in [3.05, 3.63) is 51.9 Å². The third-order valence-corrected chi connectivity index (χ3v) is 5.74. The monoisotopic (exact) mass is 342 g/mol. The molecule has 0 aliphatic heterocycles. The van der Waals surface area contributed by atoms with E-state index in [9.17, 15) is 4.79 Å². The number of hydrogen-bond acceptors (Lipinski definition) is 2. The van der Waals surface area contributed by atoms with Gasteiger partial charge in [-0.3, -0.25) is 9.48 Å². The van der Waals surface area contributed by atoms with Crippen LogP contribution < -0.4 is 5.56 Å². The Kier molecular flexibility index (Phi) is 5.19. The number of nitrogens with zero attached hydrogens (tertiary/aromatic N) is 2. The van der Waals surface area contributed by atoms with Crippen molar-refractivity contribution in [2.24, 2.45) is 5.41 Å². The number of ether oxygens (including phenoxy) is 1. The molecule has 1 heterocycles. The first-order valence-corrected chi connectivity index (χ1v) is 9.40. The molecule has 0 N–H and O–H groups in total. The zero-order valence-corrected chi connectivity index (χ0v) is 15.9. The fourth-order valence-electron chi connectivity index (χ4n) is 4.43. The lowest BCUT2D eigenvalue weighted by molar-refractivity contribution is 0.179. The number of methoxy groups -OCH3 is 1. The summed E-state index contributed by atoms with van der Waals surface area (Å²) in [6.07, 6.45) is 4.36. The third kappa shape index (κ3) is 3.20. The van der Waals surface area contributed by atoms with Crippen LogP contribution in [0.4, 0.5) is 0 Å². The van der Waals surface area contributed by atoms with E-state index in [-0.39, 0.29) is 11.0 Å². The van der Waals surface area contributed by atoms with E-state index in [0.717, 1.165) is 24.1 Å². The van der Waals surface area contributed by atoms with E-state index in [1.54, 1.807) is 7.11 Å². The zero-order chi connectivity index (χ0) is 18.0. The van der Waals surface area contributed by atoms with Crippen LogP contribution in [0.5, 0.6) is 0 Å². The lowest BCUT2D eigenvalue weighted by Crippen LogP contribution is -2.26. The molecule has 0 spiro atoms. The van der Waals surface area contributed by atoms with Gasteiger partial charge >= 0.3 is 0 Å². The van der Waals surface area contributed by atoms with E-state index in [2.05, 4.69) is 25.5 Å². The van der Waals surface area contributed by atoms with Gasteiger partial charge in [-0.25, -0.2) is 4.68 Å². The van der Waals surface area contributed by atoms with Gasteiger partial charge in [-0.1, -0.05) is 45.4 Å². The molecule has 1 saturated carbocycles. The fourth-order valence-corrected chi connectivity index (χ4v) is 4.43. The van der Waals surface area contributed by atoms with Crippen LogP contribution in [0.15, 0.2) is 35.1 Å². The van der Waals surface area contributed by atoms with Crippen LogP contribution in [0.25, 0.3) is 5.69 Å². The highest BCUT2D eigenvalue weighted by Gasteiger charge is 2.40. The predicted molar refractivity (Wildman–Crippen MR) is 102 cm³/mol. The van der Waals surface area contributed by atoms with Crippen molar-refractivity contribution in [1.82, 2.24) is 9.36 Å². The number of para-hydroxylation sites is 1. The van der Waals surface area contributed by atoms with Gasteiger partial charge in [-0.2, -0.15) is 0 Å². The van der Waals surface area contributed by atoms with Gasteiger partial charge in [0.25, 0.3) is 5.56 Å². The van der Waals surface area contributed by atoms with Crippen molar-refractivity contribution in [3.63, 3.8) is 0 Å². The van der Waals surface area contributed by atoms with Crippen molar-refractivity contribution < 1.29 is 4.74 Å². The molecular formula is C21H30N2O2. The van der Waals surface area contributed by atoms with Gasteiger partial charge in [-0.05, 0) is 42.7 Å². The molecule has 1 aliphatic rings. The molecule has 136 valence electrons. The fraction of sp³-hybridized carbons (Fsp3) is 0.571. The maximum absolute atomic E-state index is 13.5. The Bertz CT molecular complexity index is 771. The van der Waals surface area contributed by atoms with Crippen LogP contribution >= 0.6 is 0 Å². The topological polar surface area (TPSA) is 36.2 Å². The molecule has 1 fully saturated rings. The van der Waals surface area contributed by atoms with Crippen molar-refractivity contribution in [1.29, 1.82) is 0 Å². The highest BCUT2D eigenvalue weighted by atomic mass is 16.5. The lowest BCUT2D eigenvalue weighted by atomic mass is 9.77. The molecule has 1 aromatic heterocycles. The number of hydrogen-bond donors (Lipinski definition) is 0. The SMILES string of the molecule is CCc1c([C@H]2CCCC2(C)C)c(=O)n(-c2ccccc2)n1CCOC. The summed E-state index contributed by atoms with van der Waals surface area (Å²) in [7, 11) is 1.71. The molecule has 25 heavy (non-hydrogen) atoms. The summed E-state index contributed by atoms with van der Waals surface area (Å²) in [4.78, 5) is 13.5. The summed E-state index contributed by atoms with van der Waals surface area (Å²) in [5.41, 5.74) is 3.47. The van der Waals surface area contributed by atoms with E-state index >= 15 is 0 Å². The quantitative estimate of drug-likeness (QED) is 0.791. The van der Waals surface area contributed by atoms with Crippen LogP contribution in [0.2, 0.25) is 0 Å². The average Bonchev–Trinajstić information content (AvgIpc) is 3.09. The smallest absolute Gasteiger partial charge is 0.275 e. The Morgan fingerprint density at radius 1 is 1.24 bits per heavy atom. The predicted octanol–water partition coefficient (Wildman–Crippen LogP) is 4.14. The second-order valence-electron chi connectivity index (χ2n) is 7.72. The lowest BCUT2D eigenvalue weighted by Gasteiger charge is -2.26. The van der Waals surface area contributed by atoms with E-state index in [4.69, 9.17) is 4.74 Å². The molecule has 2 aromatic rings. The molecule has 1 atom stereocenters. The highest BCUT2D eigenvalue weighted by molar-refractivity contribution is 5.36. The van der Waals surface area contributed by atoms with Crippen LogP contribution in [-0.2, 0) is 17.7 Å². The number of aromatic nitrogens is 2. The normalized spacial score (nSPS) is 19.4. The summed E-state index contributed by atoms with van der Waals surface area (Å²) in [5, 5.41) is 0. The molecule has 1 aliphatic carbocycles. The second-order valence-corrected chi connectivity index (χ2v) is 7.72. The van der Waals surface area contributed by atoms with Crippen LogP contribution in [0.3, 0.4) is 0 Å². The van der Waals surface area contributed by atoms with Gasteiger partial charge < -0.3 is 4.74 Å². The van der Waals surface area contributed by atoms with E-state index in [0.29, 0.717) is 19.1 Å². The van der Waals surface area contributed by atoms with Gasteiger partial charge in [0.2, 0.25) is 0 Å². The first kappa shape index (κ1) is 18.0. The summed E-state index contributed by atoms with van der Waals surface area (Å²) in [5.74, 6) is 0.341. The van der Waals surface area contributed by atoms with Gasteiger partial charge in [-0.15, -0.1) is 0 Å². The van der Waals surface area contributed by atoms with E-state index < -0.39 is 0 Å². The minimum Gasteiger partial charge on any atom is -0.383 e. The molecule has 3 rings (SSSR count). The zero-order valence-electron chi connectivity index (χ0n) is 15.9. The Morgan fingerprint density at radius 2 is 1.96 bits per heavy atom. The number of benzene rings is 1. The molecule has 1 aromatic carbocycles. The van der Waals surface area contributed by atoms with Crippen molar-refractivity contribution in [3.8, 4) is 5.69 Å². The maximum atomic E-state index is 13.5. The average molecular weight is 342 g/mol. The Morgan fingerprint density at radius 3 is 2.52 bits per heavy atom. The van der Waals surface area contributed by atoms with Gasteiger partial charge in [0, 0.05) is 18.4 Å². The Hall–Kier alpha value is -1.81. The summed E-state index contributed by atoms with van der Waals surface area (Å²) in [6.45, 7) is 8.06. The molecule has 0 amide bonds. The van der Waals surface area contributed by atoms with Crippen LogP contribution in [0.1, 0.15) is 57.2 Å². The van der Waals surface area contributed by atoms with Gasteiger partial charge in [0.1, 0.15) is 0 Å². The van der Waals surface area contributed by atoms with Crippen LogP contribution in [0, 0.1) is 5.41 Å². The summed E-state index contributed by atoms with van der Waals surface area (Å²) < 4.78 is 9.32. The molecule has 0 saturated heterocycles. The molecule has 0 radical (unpaired) electrons. The first-order chi connectivity index (χ1) is 12.0. The minimum atomic E-state index is 0.152. The Labute approximate surface area is 150 Å². The van der Waals surface area contributed by atoms with Gasteiger partial charge in [0.15, 0.2) is 0 Å². The van der Waals surface area contributed by atoms with Crippen molar-refractivity contribution in [2.75, 3.05) is 13.7 Å². The standard InChI is InChI=1S/C21H30N2O2/c1-5-18-19(17-12-9-13-21(17,2)3)20(24)23(22(18)14-15-25-4)16-10-7-6-8-11-16/h6-8,10-11,17H,5,9,12-15H2,1-4H3/t17-/m1/s1. The molecular weight excluding hydrogens is 312 g/mol.